The van der Waals surface area contributed by atoms with E-state index < -0.39 is 47.9 Å². The van der Waals surface area contributed by atoms with E-state index in [1.54, 1.807) is 0 Å². The van der Waals surface area contributed by atoms with Gasteiger partial charge in [0.05, 0.1) is 12.2 Å². The molecule has 3 heterocycles. The number of aromatic nitrogens is 2. The Morgan fingerprint density at radius 2 is 2.05 bits per heavy atom. The number of nitrogen functional groups attached to an aromatic ring is 1. The number of aliphatic hydroxyl groups is 3. The summed E-state index contributed by atoms with van der Waals surface area (Å²) in [6, 6.07) is 0. The Hall–Kier alpha value is -1.66. The highest BCUT2D eigenvalue weighted by molar-refractivity contribution is 7.81. The van der Waals surface area contributed by atoms with Gasteiger partial charge in [0.25, 0.3) is 5.56 Å². The number of aromatic amines is 1. The predicted molar refractivity (Wildman–Crippen MR) is 76.2 cm³/mol. The fourth-order valence-corrected chi connectivity index (χ4v) is 2.97. The number of H-pyrrole nitrogens is 1. The van der Waals surface area contributed by atoms with Crippen molar-refractivity contribution in [1.82, 2.24) is 9.97 Å². The molecule has 1 saturated heterocycles. The van der Waals surface area contributed by atoms with Crippen LogP contribution in [0.4, 0.5) is 11.8 Å². The first-order chi connectivity index (χ1) is 10.4. The van der Waals surface area contributed by atoms with E-state index in [4.69, 9.17) is 15.6 Å². The van der Waals surface area contributed by atoms with Crippen LogP contribution in [-0.2, 0) is 9.53 Å². The Bertz CT molecular complexity index is 681. The molecule has 0 radical (unpaired) electrons. The summed E-state index contributed by atoms with van der Waals surface area (Å²) >= 11 is 4.08. The van der Waals surface area contributed by atoms with Gasteiger partial charge in [-0.3, -0.25) is 19.5 Å². The van der Waals surface area contributed by atoms with E-state index in [2.05, 4.69) is 22.6 Å². The summed E-state index contributed by atoms with van der Waals surface area (Å²) in [4.78, 5) is 31.4. The van der Waals surface area contributed by atoms with Crippen LogP contribution < -0.4 is 16.2 Å². The normalized spacial score (nSPS) is 34.3. The van der Waals surface area contributed by atoms with Crippen LogP contribution in [0.5, 0.6) is 0 Å². The number of amides is 1. The van der Waals surface area contributed by atoms with E-state index in [0.29, 0.717) is 0 Å². The van der Waals surface area contributed by atoms with Gasteiger partial charge in [-0.15, -0.1) is 0 Å². The summed E-state index contributed by atoms with van der Waals surface area (Å²) in [5.74, 6) is -0.936. The number of nitrogens with one attached hydrogen (secondary N) is 1. The Labute approximate surface area is 128 Å². The topological polar surface area (TPSA) is 162 Å². The van der Waals surface area contributed by atoms with Gasteiger partial charge in [0.1, 0.15) is 23.6 Å². The number of thiol groups is 1. The highest BCUT2D eigenvalue weighted by atomic mass is 32.1. The smallest absolute Gasteiger partial charge is 0.259 e. The molecular weight excluding hydrogens is 316 g/mol. The first-order valence-electron chi connectivity index (χ1n) is 6.40. The molecule has 1 unspecified atom stereocenters. The molecule has 2 aliphatic heterocycles. The van der Waals surface area contributed by atoms with Crippen molar-refractivity contribution in [3.63, 3.8) is 0 Å². The average molecular weight is 330 g/mol. The van der Waals surface area contributed by atoms with E-state index >= 15 is 0 Å². The first-order valence-corrected chi connectivity index (χ1v) is 6.91. The number of aliphatic hydroxyl groups excluding tert-OH is 3. The minimum Gasteiger partial charge on any atom is -0.394 e. The zero-order valence-electron chi connectivity index (χ0n) is 11.1. The third-order valence-corrected chi connectivity index (χ3v) is 4.18. The van der Waals surface area contributed by atoms with Crippen LogP contribution in [0.15, 0.2) is 4.79 Å². The predicted octanol–water partition coefficient (Wildman–Crippen LogP) is -2.89. The van der Waals surface area contributed by atoms with Crippen molar-refractivity contribution in [1.29, 1.82) is 0 Å². The van der Waals surface area contributed by atoms with Crippen molar-refractivity contribution < 1.29 is 24.9 Å². The first kappa shape index (κ1) is 15.2. The molecule has 0 spiro atoms. The third kappa shape index (κ3) is 2.01. The van der Waals surface area contributed by atoms with Gasteiger partial charge in [0.2, 0.25) is 11.9 Å². The summed E-state index contributed by atoms with van der Waals surface area (Å²) in [7, 11) is 0. The summed E-state index contributed by atoms with van der Waals surface area (Å²) < 4.78 is 5.30. The van der Waals surface area contributed by atoms with Crippen LogP contribution in [0, 0.1) is 0 Å². The molecule has 2 aliphatic rings. The van der Waals surface area contributed by atoms with Crippen molar-refractivity contribution in [2.24, 2.45) is 0 Å². The number of nitrogens with zero attached hydrogens (tertiary/aromatic N) is 2. The number of rotatable bonds is 2. The van der Waals surface area contributed by atoms with Gasteiger partial charge in [-0.2, -0.15) is 17.6 Å². The fourth-order valence-electron chi connectivity index (χ4n) is 2.62. The molecule has 5 atom stereocenters. The van der Waals surface area contributed by atoms with E-state index in [1.807, 2.05) is 0 Å². The Balaban J connectivity index is 2.07. The molecule has 120 valence electrons. The van der Waals surface area contributed by atoms with Crippen molar-refractivity contribution in [2.75, 3.05) is 17.2 Å². The molecule has 1 amide bonds. The molecule has 0 aromatic carbocycles. The van der Waals surface area contributed by atoms with E-state index in [-0.39, 0.29) is 17.3 Å². The molecule has 10 nitrogen and oxygen atoms in total. The van der Waals surface area contributed by atoms with Crippen LogP contribution >= 0.6 is 12.6 Å². The van der Waals surface area contributed by atoms with Gasteiger partial charge in [-0.05, 0) is 0 Å². The minimum absolute atomic E-state index is 0.0136. The van der Waals surface area contributed by atoms with E-state index in [0.717, 1.165) is 4.90 Å². The quantitative estimate of drug-likeness (QED) is 0.315. The van der Waals surface area contributed by atoms with Crippen LogP contribution in [0.1, 0.15) is 10.8 Å². The standard InChI is InChI=1S/C11H14N4O6S/c12-11-13-7-3(8(19)14-11)6(22)9(20)15(7)10-5(18)4(17)2(1-16)21-10/h2,4-6,10,16-18,22H,1H2,(H3,12,13,14,19)/t2-,4-,5-,6?,10-/m1/s1. The Kier molecular flexibility index (Phi) is 3.61. The van der Waals surface area contributed by atoms with Crippen molar-refractivity contribution >= 4 is 30.3 Å². The number of ether oxygens (including phenoxy) is 1. The molecule has 22 heavy (non-hydrogen) atoms. The molecule has 3 rings (SSSR count). The van der Waals surface area contributed by atoms with Crippen LogP contribution in [0.25, 0.3) is 0 Å². The average Bonchev–Trinajstić information content (AvgIpc) is 2.87. The van der Waals surface area contributed by atoms with Crippen LogP contribution in [0.3, 0.4) is 0 Å². The van der Waals surface area contributed by atoms with E-state index in [1.165, 1.54) is 0 Å². The lowest BCUT2D eigenvalue weighted by atomic mass is 10.1. The molecule has 0 aliphatic carbocycles. The Morgan fingerprint density at radius 1 is 1.36 bits per heavy atom. The molecule has 1 fully saturated rings. The van der Waals surface area contributed by atoms with Crippen molar-refractivity contribution in [2.45, 2.75) is 29.8 Å². The Morgan fingerprint density at radius 3 is 2.64 bits per heavy atom. The van der Waals surface area contributed by atoms with Crippen LogP contribution in [-0.4, -0.2) is 62.3 Å². The van der Waals surface area contributed by atoms with Gasteiger partial charge >= 0.3 is 0 Å². The monoisotopic (exact) mass is 330 g/mol. The highest BCUT2D eigenvalue weighted by Gasteiger charge is 2.52. The minimum atomic E-state index is -1.48. The van der Waals surface area contributed by atoms with Gasteiger partial charge in [-0.1, -0.05) is 0 Å². The van der Waals surface area contributed by atoms with Gasteiger partial charge in [-0.25, -0.2) is 0 Å². The highest BCUT2D eigenvalue weighted by Crippen LogP contribution is 2.40. The number of anilines is 2. The lowest BCUT2D eigenvalue weighted by Gasteiger charge is -2.26. The molecule has 0 saturated carbocycles. The second kappa shape index (κ2) is 5.21. The zero-order valence-corrected chi connectivity index (χ0v) is 12.0. The largest absolute Gasteiger partial charge is 0.394 e. The third-order valence-electron chi connectivity index (χ3n) is 3.70. The molecule has 1 aromatic rings. The zero-order chi connectivity index (χ0) is 16.2. The number of carbonyl (C=O) groups is 1. The summed E-state index contributed by atoms with van der Waals surface area (Å²) in [6.07, 6.45) is -5.22. The fraction of sp³-hybridized carbons (Fsp3) is 0.545. The lowest BCUT2D eigenvalue weighted by molar-refractivity contribution is -0.121. The van der Waals surface area contributed by atoms with Gasteiger partial charge < -0.3 is 25.8 Å². The maximum Gasteiger partial charge on any atom is 0.259 e. The van der Waals surface area contributed by atoms with Gasteiger partial charge in [0, 0.05) is 0 Å². The summed E-state index contributed by atoms with van der Waals surface area (Å²) in [6.45, 7) is -0.543. The van der Waals surface area contributed by atoms with Crippen LogP contribution in [0.2, 0.25) is 0 Å². The van der Waals surface area contributed by atoms with Crippen molar-refractivity contribution in [3.8, 4) is 0 Å². The SMILES string of the molecule is Nc1nc2c(c(=O)[nH]1)C(S)C(=O)N2[C@@H]1O[C@H](CO)[C@@H](O)[C@H]1O. The second-order valence-corrected chi connectivity index (χ2v) is 5.54. The molecule has 6 N–H and O–H groups in total. The number of fused-ring (bicyclic) bond motifs is 1. The number of hydrogen-bond acceptors (Lipinski definition) is 9. The molecular formula is C11H14N4O6S. The number of carbonyl (C=O) groups excluding carboxylic acids is 1. The summed E-state index contributed by atoms with van der Waals surface area (Å²) in [5.41, 5.74) is 4.84. The molecule has 0 bridgehead atoms. The number of hydrogen-bond donors (Lipinski definition) is 6. The number of nitrogens with two attached hydrogens (primary N) is 1. The lowest BCUT2D eigenvalue weighted by Crippen LogP contribution is -2.46. The molecule has 11 heteroatoms. The maximum absolute atomic E-state index is 12.3. The summed E-state index contributed by atoms with van der Waals surface area (Å²) in [5, 5.41) is 27.9. The van der Waals surface area contributed by atoms with Gasteiger partial charge in [0.15, 0.2) is 12.0 Å². The molecule has 1 aromatic heterocycles. The maximum atomic E-state index is 12.3. The van der Waals surface area contributed by atoms with E-state index in [9.17, 15) is 19.8 Å². The van der Waals surface area contributed by atoms with Crippen molar-refractivity contribution in [3.05, 3.63) is 15.9 Å². The second-order valence-electron chi connectivity index (χ2n) is 5.03.